The molecule has 132 valence electrons. The first kappa shape index (κ1) is 16.3. The van der Waals surface area contributed by atoms with E-state index in [-0.39, 0.29) is 34.5 Å². The summed E-state index contributed by atoms with van der Waals surface area (Å²) in [6.07, 6.45) is -3.07. The third-order valence-electron chi connectivity index (χ3n) is 3.96. The van der Waals surface area contributed by atoms with Crippen LogP contribution in [0.3, 0.4) is 0 Å². The maximum absolute atomic E-state index is 13.7. The number of aromatic amines is 1. The van der Waals surface area contributed by atoms with Gasteiger partial charge in [-0.3, -0.25) is 0 Å². The summed E-state index contributed by atoms with van der Waals surface area (Å²) in [4.78, 5) is 4.18. The fourth-order valence-corrected chi connectivity index (χ4v) is 2.60. The van der Waals surface area contributed by atoms with Gasteiger partial charge < -0.3 is 4.42 Å². The number of nitrogens with zero attached hydrogens (tertiary/aromatic N) is 4. The zero-order chi connectivity index (χ0) is 18.5. The van der Waals surface area contributed by atoms with E-state index in [4.69, 9.17) is 9.68 Å². The minimum absolute atomic E-state index is 0.0325. The van der Waals surface area contributed by atoms with E-state index in [1.54, 1.807) is 0 Å². The summed E-state index contributed by atoms with van der Waals surface area (Å²) in [5, 5.41) is 18.9. The van der Waals surface area contributed by atoms with Gasteiger partial charge in [-0.25, -0.2) is 14.5 Å². The average Bonchev–Trinajstić information content (AvgIpc) is 3.16. The van der Waals surface area contributed by atoms with E-state index < -0.39 is 17.6 Å². The lowest BCUT2D eigenvalue weighted by molar-refractivity contribution is -0.137. The van der Waals surface area contributed by atoms with E-state index in [0.717, 1.165) is 25.0 Å². The van der Waals surface area contributed by atoms with Crippen LogP contribution in [0.4, 0.5) is 17.6 Å². The van der Waals surface area contributed by atoms with E-state index in [2.05, 4.69) is 20.4 Å². The Balaban J connectivity index is 1.86. The van der Waals surface area contributed by atoms with E-state index in [9.17, 15) is 17.6 Å². The lowest BCUT2D eigenvalue weighted by Gasteiger charge is -2.07. The Labute approximate surface area is 143 Å². The van der Waals surface area contributed by atoms with Gasteiger partial charge in [0.05, 0.1) is 5.56 Å². The molecule has 2 heterocycles. The molecule has 1 fully saturated rings. The smallest absolute Gasteiger partial charge is 0.416 e. The molecule has 2 aromatic heterocycles. The first-order chi connectivity index (χ1) is 12.4. The molecule has 0 atom stereocenters. The molecule has 1 aromatic carbocycles. The van der Waals surface area contributed by atoms with Gasteiger partial charge in [-0.05, 0) is 31.0 Å². The second-order valence-corrected chi connectivity index (χ2v) is 5.88. The van der Waals surface area contributed by atoms with Gasteiger partial charge >= 0.3 is 6.18 Å². The monoisotopic (exact) mass is 363 g/mol. The molecule has 6 nitrogen and oxygen atoms in total. The van der Waals surface area contributed by atoms with Gasteiger partial charge in [0.1, 0.15) is 23.3 Å². The quantitative estimate of drug-likeness (QED) is 0.709. The van der Waals surface area contributed by atoms with Crippen molar-refractivity contribution in [1.82, 2.24) is 20.4 Å². The number of H-pyrrole nitrogens is 1. The predicted molar refractivity (Wildman–Crippen MR) is 79.0 cm³/mol. The average molecular weight is 363 g/mol. The highest BCUT2D eigenvalue weighted by Gasteiger charge is 2.35. The molecule has 0 bridgehead atoms. The lowest BCUT2D eigenvalue weighted by Crippen LogP contribution is -2.05. The normalized spacial score (nSPS) is 14.4. The maximum atomic E-state index is 13.7. The van der Waals surface area contributed by atoms with Crippen molar-refractivity contribution in [3.63, 3.8) is 0 Å². The Morgan fingerprint density at radius 2 is 1.96 bits per heavy atom. The molecule has 1 saturated carbocycles. The molecule has 4 rings (SSSR count). The van der Waals surface area contributed by atoms with Crippen molar-refractivity contribution < 1.29 is 22.0 Å². The Bertz CT molecular complexity index is 1030. The number of alkyl halides is 3. The topological polar surface area (TPSA) is 91.4 Å². The summed E-state index contributed by atoms with van der Waals surface area (Å²) in [6.45, 7) is 0. The molecule has 1 aliphatic rings. The number of rotatable bonds is 3. The number of benzene rings is 1. The first-order valence-corrected chi connectivity index (χ1v) is 7.57. The Kier molecular flexibility index (Phi) is 3.54. The van der Waals surface area contributed by atoms with Crippen LogP contribution in [0.25, 0.3) is 22.8 Å². The molecule has 1 N–H and O–H groups in total. The van der Waals surface area contributed by atoms with E-state index >= 15 is 0 Å². The zero-order valence-corrected chi connectivity index (χ0v) is 12.9. The van der Waals surface area contributed by atoms with Crippen molar-refractivity contribution in [2.45, 2.75) is 24.9 Å². The van der Waals surface area contributed by atoms with Crippen LogP contribution in [0.5, 0.6) is 0 Å². The molecular formula is C16H9F4N5O. The number of nitriles is 1. The van der Waals surface area contributed by atoms with Crippen molar-refractivity contribution in [2.24, 2.45) is 0 Å². The van der Waals surface area contributed by atoms with Crippen LogP contribution in [-0.4, -0.2) is 20.4 Å². The number of halogens is 4. The lowest BCUT2D eigenvalue weighted by atomic mass is 10.1. The molecule has 0 radical (unpaired) electrons. The summed E-state index contributed by atoms with van der Waals surface area (Å²) in [5.41, 5.74) is -0.851. The van der Waals surface area contributed by atoms with E-state index in [1.807, 2.05) is 6.07 Å². The Morgan fingerprint density at radius 1 is 1.19 bits per heavy atom. The van der Waals surface area contributed by atoms with E-state index in [1.165, 1.54) is 0 Å². The second-order valence-electron chi connectivity index (χ2n) is 5.88. The van der Waals surface area contributed by atoms with Gasteiger partial charge in [0, 0.05) is 11.5 Å². The second kappa shape index (κ2) is 5.66. The van der Waals surface area contributed by atoms with Crippen LogP contribution >= 0.6 is 0 Å². The van der Waals surface area contributed by atoms with Crippen molar-refractivity contribution in [3.8, 4) is 28.9 Å². The third kappa shape index (κ3) is 2.81. The summed E-state index contributed by atoms with van der Waals surface area (Å²) in [6, 6.07) is 3.96. The van der Waals surface area contributed by atoms with Gasteiger partial charge in [0.25, 0.3) is 0 Å². The standard InChI is InChI=1S/C16H9F4N5O/c17-10-4-8(3-9(5-10)16(18,19)20)15-22-13(14(26-15)7-1-2-7)12-11(6-21)23-25-24-12/h3-5,7H,1-2H2,(H,23,24,25). The molecule has 3 aromatic rings. The number of aromatic nitrogens is 4. The largest absolute Gasteiger partial charge is 0.440 e. The van der Waals surface area contributed by atoms with Crippen molar-refractivity contribution in [1.29, 1.82) is 5.26 Å². The Hall–Kier alpha value is -3.22. The summed E-state index contributed by atoms with van der Waals surface area (Å²) < 4.78 is 58.1. The molecule has 1 aliphatic carbocycles. The summed E-state index contributed by atoms with van der Waals surface area (Å²) in [5.74, 6) is -0.783. The first-order valence-electron chi connectivity index (χ1n) is 7.57. The van der Waals surface area contributed by atoms with Crippen LogP contribution in [0.2, 0.25) is 0 Å². The summed E-state index contributed by atoms with van der Waals surface area (Å²) in [7, 11) is 0. The number of nitrogens with one attached hydrogen (secondary N) is 1. The SMILES string of the molecule is N#Cc1[nH]nnc1-c1nc(-c2cc(F)cc(C(F)(F)F)c2)oc1C1CC1. The predicted octanol–water partition coefficient (Wildman–Crippen LogP) is 4.03. The van der Waals surface area contributed by atoms with Crippen LogP contribution in [0.1, 0.15) is 35.8 Å². The van der Waals surface area contributed by atoms with Crippen LogP contribution in [-0.2, 0) is 6.18 Å². The summed E-state index contributed by atoms with van der Waals surface area (Å²) >= 11 is 0. The molecule has 10 heteroatoms. The fourth-order valence-electron chi connectivity index (χ4n) is 2.60. The zero-order valence-electron chi connectivity index (χ0n) is 12.9. The van der Waals surface area contributed by atoms with Gasteiger partial charge in [-0.1, -0.05) is 5.21 Å². The van der Waals surface area contributed by atoms with E-state index in [0.29, 0.717) is 11.8 Å². The number of oxazole rings is 1. The highest BCUT2D eigenvalue weighted by Crippen LogP contribution is 2.46. The highest BCUT2D eigenvalue weighted by molar-refractivity contribution is 5.67. The van der Waals surface area contributed by atoms with Gasteiger partial charge in [-0.15, -0.1) is 5.10 Å². The molecule has 0 amide bonds. The highest BCUT2D eigenvalue weighted by atomic mass is 19.4. The van der Waals surface area contributed by atoms with Gasteiger partial charge in [-0.2, -0.15) is 18.4 Å². The van der Waals surface area contributed by atoms with Gasteiger partial charge in [0.15, 0.2) is 11.4 Å². The third-order valence-corrected chi connectivity index (χ3v) is 3.96. The van der Waals surface area contributed by atoms with Crippen molar-refractivity contribution in [3.05, 3.63) is 41.0 Å². The maximum Gasteiger partial charge on any atom is 0.416 e. The fraction of sp³-hybridized carbons (Fsp3) is 0.250. The minimum atomic E-state index is -4.70. The van der Waals surface area contributed by atoms with Crippen LogP contribution in [0.15, 0.2) is 22.6 Å². The minimum Gasteiger partial charge on any atom is -0.440 e. The molecule has 0 unspecified atom stereocenters. The number of hydrogen-bond donors (Lipinski definition) is 1. The van der Waals surface area contributed by atoms with Crippen molar-refractivity contribution >= 4 is 0 Å². The van der Waals surface area contributed by atoms with Crippen LogP contribution < -0.4 is 0 Å². The van der Waals surface area contributed by atoms with Crippen molar-refractivity contribution in [2.75, 3.05) is 0 Å². The molecular weight excluding hydrogens is 354 g/mol. The van der Waals surface area contributed by atoms with Crippen LogP contribution in [0, 0.1) is 17.1 Å². The number of hydrogen-bond acceptors (Lipinski definition) is 5. The Morgan fingerprint density at radius 3 is 2.62 bits per heavy atom. The molecule has 0 saturated heterocycles. The van der Waals surface area contributed by atoms with Gasteiger partial charge in [0.2, 0.25) is 5.89 Å². The molecule has 0 aliphatic heterocycles. The molecule has 26 heavy (non-hydrogen) atoms. The molecule has 0 spiro atoms.